The van der Waals surface area contributed by atoms with Crippen LogP contribution in [0.3, 0.4) is 0 Å². The second kappa shape index (κ2) is 7.73. The van der Waals surface area contributed by atoms with E-state index in [0.29, 0.717) is 0 Å². The summed E-state index contributed by atoms with van der Waals surface area (Å²) < 4.78 is 6.77. The van der Waals surface area contributed by atoms with Gasteiger partial charge in [-0.05, 0) is 28.4 Å². The maximum absolute atomic E-state index is 10.7. The first-order valence-corrected chi connectivity index (χ1v) is 10.2. The van der Waals surface area contributed by atoms with Crippen LogP contribution in [-0.4, -0.2) is 20.7 Å². The average Bonchev–Trinajstić information content (AvgIpc) is 2.58. The van der Waals surface area contributed by atoms with Crippen LogP contribution in [0.1, 0.15) is 27.7 Å². The number of carbonyl (C=O) groups excluding carboxylic acids is 1. The van der Waals surface area contributed by atoms with Crippen molar-refractivity contribution in [2.75, 3.05) is 0 Å². The van der Waals surface area contributed by atoms with Gasteiger partial charge < -0.3 is 4.43 Å². The van der Waals surface area contributed by atoms with Crippen LogP contribution in [0.2, 0.25) is 5.04 Å². The molecule has 0 heterocycles. The Morgan fingerprint density at radius 2 is 1.38 bits per heavy atom. The minimum absolute atomic E-state index is 0.0566. The van der Waals surface area contributed by atoms with Crippen molar-refractivity contribution < 1.29 is 9.22 Å². The maximum atomic E-state index is 10.7. The first-order valence-electron chi connectivity index (χ1n) is 8.32. The number of carbonyl (C=O) groups is 1. The van der Waals surface area contributed by atoms with E-state index in [1.54, 1.807) is 0 Å². The number of hydrogen-bond donors (Lipinski definition) is 0. The molecule has 2 aromatic carbocycles. The van der Waals surface area contributed by atoms with Crippen molar-refractivity contribution >= 4 is 25.0 Å². The molecule has 2 rings (SSSR count). The van der Waals surface area contributed by atoms with E-state index in [-0.39, 0.29) is 11.1 Å². The minimum Gasteiger partial charge on any atom is -0.401 e. The van der Waals surface area contributed by atoms with Gasteiger partial charge >= 0.3 is 0 Å². The summed E-state index contributed by atoms with van der Waals surface area (Å²) in [6.07, 6.45) is 4.00. The highest BCUT2D eigenvalue weighted by molar-refractivity contribution is 6.99. The van der Waals surface area contributed by atoms with Gasteiger partial charge in [0.15, 0.2) is 0 Å². The number of allylic oxidation sites excluding steroid dienone is 1. The molecule has 2 nitrogen and oxygen atoms in total. The Morgan fingerprint density at radius 1 is 0.917 bits per heavy atom. The van der Waals surface area contributed by atoms with Crippen LogP contribution in [0.25, 0.3) is 0 Å². The lowest BCUT2D eigenvalue weighted by Crippen LogP contribution is -2.67. The third-order valence-corrected chi connectivity index (χ3v) is 9.37. The van der Waals surface area contributed by atoms with Gasteiger partial charge in [-0.1, -0.05) is 87.5 Å². The van der Waals surface area contributed by atoms with Crippen molar-refractivity contribution in [3.8, 4) is 0 Å². The Morgan fingerprint density at radius 3 is 1.75 bits per heavy atom. The summed E-state index contributed by atoms with van der Waals surface area (Å²) in [4.78, 5) is 10.7. The molecule has 0 spiro atoms. The molecule has 126 valence electrons. The predicted octanol–water partition coefficient (Wildman–Crippen LogP) is 3.71. The largest absolute Gasteiger partial charge is 0.401 e. The fourth-order valence-corrected chi connectivity index (χ4v) is 7.86. The fraction of sp³-hybridized carbons (Fsp3) is 0.286. The summed E-state index contributed by atoms with van der Waals surface area (Å²) >= 11 is 0. The molecule has 0 aliphatic heterocycles. The molecule has 0 fully saturated rings. The van der Waals surface area contributed by atoms with Gasteiger partial charge in [-0.3, -0.25) is 4.79 Å². The van der Waals surface area contributed by atoms with E-state index in [4.69, 9.17) is 4.43 Å². The number of benzene rings is 2. The predicted molar refractivity (Wildman–Crippen MR) is 103 cm³/mol. The lowest BCUT2D eigenvalue weighted by Gasteiger charge is -2.44. The Bertz CT molecular complexity index is 632. The quantitative estimate of drug-likeness (QED) is 0.456. The average molecular weight is 339 g/mol. The normalized spacial score (nSPS) is 13.8. The highest BCUT2D eigenvalue weighted by atomic mass is 28.4. The molecule has 3 heteroatoms. The van der Waals surface area contributed by atoms with Crippen LogP contribution < -0.4 is 10.4 Å². The second-order valence-electron chi connectivity index (χ2n) is 7.01. The van der Waals surface area contributed by atoms with Crippen molar-refractivity contribution in [1.82, 2.24) is 0 Å². The first-order chi connectivity index (χ1) is 11.4. The lowest BCUT2D eigenvalue weighted by molar-refractivity contribution is -0.104. The molecule has 0 aromatic heterocycles. The number of hydrogen-bond acceptors (Lipinski definition) is 2. The molecule has 0 aliphatic carbocycles. The van der Waals surface area contributed by atoms with Gasteiger partial charge in [0, 0.05) is 0 Å². The molecule has 0 aliphatic rings. The van der Waals surface area contributed by atoms with E-state index < -0.39 is 8.32 Å². The van der Waals surface area contributed by atoms with E-state index in [2.05, 4.69) is 69.3 Å². The van der Waals surface area contributed by atoms with Crippen LogP contribution in [-0.2, 0) is 9.22 Å². The van der Waals surface area contributed by atoms with Crippen molar-refractivity contribution in [3.63, 3.8) is 0 Å². The van der Waals surface area contributed by atoms with Crippen LogP contribution >= 0.6 is 0 Å². The van der Waals surface area contributed by atoms with Crippen LogP contribution in [0.4, 0.5) is 0 Å². The standard InChI is InChI=1S/C21H26O2Si/c1-18(12-11-17-22)23-24(21(2,3)4,19-13-7-5-8-14-19)20-15-9-6-10-16-20/h5-18H,1-4H3/b12-11+. The molecule has 24 heavy (non-hydrogen) atoms. The van der Waals surface area contributed by atoms with Gasteiger partial charge in [0.2, 0.25) is 0 Å². The fourth-order valence-electron chi connectivity index (χ4n) is 3.21. The number of aldehydes is 1. The van der Waals surface area contributed by atoms with E-state index in [1.165, 1.54) is 16.4 Å². The minimum atomic E-state index is -2.53. The molecule has 0 amide bonds. The highest BCUT2D eigenvalue weighted by Gasteiger charge is 2.50. The molecular weight excluding hydrogens is 312 g/mol. The molecule has 0 saturated carbocycles. The molecule has 0 radical (unpaired) electrons. The number of rotatable bonds is 6. The maximum Gasteiger partial charge on any atom is 0.261 e. The summed E-state index contributed by atoms with van der Waals surface area (Å²) in [5.74, 6) is 0. The van der Waals surface area contributed by atoms with Gasteiger partial charge in [0.1, 0.15) is 6.29 Å². The molecule has 0 saturated heterocycles. The van der Waals surface area contributed by atoms with Crippen molar-refractivity contribution in [1.29, 1.82) is 0 Å². The first kappa shape index (κ1) is 18.4. The zero-order chi connectivity index (χ0) is 17.6. The molecule has 1 unspecified atom stereocenters. The van der Waals surface area contributed by atoms with Crippen LogP contribution in [0, 0.1) is 0 Å². The molecule has 0 N–H and O–H groups in total. The van der Waals surface area contributed by atoms with Gasteiger partial charge in [-0.25, -0.2) is 0 Å². The van der Waals surface area contributed by atoms with E-state index in [9.17, 15) is 4.79 Å². The summed E-state index contributed by atoms with van der Waals surface area (Å²) in [5, 5.41) is 2.43. The van der Waals surface area contributed by atoms with Crippen LogP contribution in [0.15, 0.2) is 72.8 Å². The van der Waals surface area contributed by atoms with Gasteiger partial charge in [0.05, 0.1) is 6.10 Å². The Balaban J connectivity index is 2.66. The topological polar surface area (TPSA) is 26.3 Å². The van der Waals surface area contributed by atoms with Crippen LogP contribution in [0.5, 0.6) is 0 Å². The van der Waals surface area contributed by atoms with Gasteiger partial charge in [-0.15, -0.1) is 0 Å². The summed E-state index contributed by atoms with van der Waals surface area (Å²) in [7, 11) is -2.53. The van der Waals surface area contributed by atoms with Gasteiger partial charge in [0.25, 0.3) is 8.32 Å². The lowest BCUT2D eigenvalue weighted by atomic mass is 10.2. The molecule has 0 bridgehead atoms. The monoisotopic (exact) mass is 338 g/mol. The summed E-state index contributed by atoms with van der Waals surface area (Å²) in [6, 6.07) is 21.0. The van der Waals surface area contributed by atoms with Crippen molar-refractivity contribution in [3.05, 3.63) is 72.8 Å². The summed E-state index contributed by atoms with van der Waals surface area (Å²) in [5.41, 5.74) is 0. The smallest absolute Gasteiger partial charge is 0.261 e. The van der Waals surface area contributed by atoms with E-state index >= 15 is 0 Å². The third kappa shape index (κ3) is 3.74. The third-order valence-electron chi connectivity index (χ3n) is 4.24. The molecule has 1 atom stereocenters. The zero-order valence-corrected chi connectivity index (χ0v) is 15.9. The Hall–Kier alpha value is -1.97. The van der Waals surface area contributed by atoms with Gasteiger partial charge in [-0.2, -0.15) is 0 Å². The summed E-state index contributed by atoms with van der Waals surface area (Å²) in [6.45, 7) is 8.74. The van der Waals surface area contributed by atoms with E-state index in [1.807, 2.05) is 25.1 Å². The van der Waals surface area contributed by atoms with Crippen molar-refractivity contribution in [2.24, 2.45) is 0 Å². The highest BCUT2D eigenvalue weighted by Crippen LogP contribution is 2.37. The SMILES string of the molecule is CC(/C=C/C=O)O[Si](c1ccccc1)(c1ccccc1)C(C)(C)C. The van der Waals surface area contributed by atoms with E-state index in [0.717, 1.165) is 6.29 Å². The zero-order valence-electron chi connectivity index (χ0n) is 14.9. The molecule has 2 aromatic rings. The van der Waals surface area contributed by atoms with Crippen molar-refractivity contribution in [2.45, 2.75) is 38.8 Å². The Kier molecular flexibility index (Phi) is 5.92. The second-order valence-corrected chi connectivity index (χ2v) is 11.3. The Labute approximate surface area is 146 Å². The molecular formula is C21H26O2Si.